The van der Waals surface area contributed by atoms with Crippen molar-refractivity contribution in [2.45, 2.75) is 31.9 Å². The van der Waals surface area contributed by atoms with Crippen LogP contribution in [0.2, 0.25) is 0 Å². The Labute approximate surface area is 107 Å². The van der Waals surface area contributed by atoms with Crippen molar-refractivity contribution in [1.82, 2.24) is 10.3 Å². The highest BCUT2D eigenvalue weighted by molar-refractivity contribution is 5.44. The highest BCUT2D eigenvalue weighted by atomic mass is 16.5. The second kappa shape index (κ2) is 5.22. The number of aromatic nitrogens is 1. The second-order valence-electron chi connectivity index (χ2n) is 5.15. The molecule has 5 heteroatoms. The van der Waals surface area contributed by atoms with Crippen LogP contribution in [0.4, 0.5) is 5.82 Å². The van der Waals surface area contributed by atoms with E-state index in [0.29, 0.717) is 24.4 Å². The summed E-state index contributed by atoms with van der Waals surface area (Å²) in [4.78, 5) is 4.10. The van der Waals surface area contributed by atoms with Crippen molar-refractivity contribution in [3.63, 3.8) is 0 Å². The number of hydrogen-bond donors (Lipinski definition) is 3. The summed E-state index contributed by atoms with van der Waals surface area (Å²) in [6.45, 7) is 5.88. The molecule has 1 aromatic heterocycles. The lowest BCUT2D eigenvalue weighted by molar-refractivity contribution is 0.00350. The SMILES string of the molecule is Cc1cnc(N)c(C(C)(O)CC2COCCN2)c1. The summed E-state index contributed by atoms with van der Waals surface area (Å²) < 4.78 is 5.40. The largest absolute Gasteiger partial charge is 0.385 e. The van der Waals surface area contributed by atoms with Gasteiger partial charge in [-0.1, -0.05) is 0 Å². The summed E-state index contributed by atoms with van der Waals surface area (Å²) in [5, 5.41) is 14.0. The van der Waals surface area contributed by atoms with Crippen LogP contribution in [-0.4, -0.2) is 35.9 Å². The lowest BCUT2D eigenvalue weighted by Crippen LogP contribution is -2.45. The monoisotopic (exact) mass is 251 g/mol. The molecule has 5 nitrogen and oxygen atoms in total. The molecule has 1 fully saturated rings. The number of nitrogens with zero attached hydrogens (tertiary/aromatic N) is 1. The molecule has 0 amide bonds. The quantitative estimate of drug-likeness (QED) is 0.731. The molecule has 1 aromatic rings. The third-order valence-corrected chi connectivity index (χ3v) is 3.28. The Morgan fingerprint density at radius 3 is 3.11 bits per heavy atom. The molecule has 1 aliphatic rings. The Balaban J connectivity index is 2.15. The molecule has 2 atom stereocenters. The molecular weight excluding hydrogens is 230 g/mol. The molecule has 4 N–H and O–H groups in total. The predicted molar refractivity (Wildman–Crippen MR) is 70.2 cm³/mol. The first-order valence-corrected chi connectivity index (χ1v) is 6.25. The Kier molecular flexibility index (Phi) is 3.85. The van der Waals surface area contributed by atoms with Gasteiger partial charge in [0.05, 0.1) is 18.8 Å². The topological polar surface area (TPSA) is 80.4 Å². The van der Waals surface area contributed by atoms with E-state index in [1.807, 2.05) is 13.0 Å². The molecule has 0 radical (unpaired) electrons. The number of nitrogens with one attached hydrogen (secondary N) is 1. The summed E-state index contributed by atoms with van der Waals surface area (Å²) in [5.74, 6) is 0.391. The van der Waals surface area contributed by atoms with Gasteiger partial charge in [-0.05, 0) is 31.9 Å². The molecular formula is C13H21N3O2. The molecule has 0 saturated carbocycles. The molecule has 18 heavy (non-hydrogen) atoms. The number of ether oxygens (including phenoxy) is 1. The molecule has 2 heterocycles. The van der Waals surface area contributed by atoms with Gasteiger partial charge in [0.2, 0.25) is 0 Å². The third-order valence-electron chi connectivity index (χ3n) is 3.28. The van der Waals surface area contributed by atoms with Gasteiger partial charge in [0.25, 0.3) is 0 Å². The maximum atomic E-state index is 10.6. The predicted octanol–water partition coefficient (Wildman–Crippen LogP) is 0.558. The van der Waals surface area contributed by atoms with Crippen molar-refractivity contribution in [3.8, 4) is 0 Å². The summed E-state index contributed by atoms with van der Waals surface area (Å²) in [7, 11) is 0. The fourth-order valence-corrected chi connectivity index (χ4v) is 2.35. The Morgan fingerprint density at radius 2 is 2.44 bits per heavy atom. The molecule has 1 aliphatic heterocycles. The van der Waals surface area contributed by atoms with Gasteiger partial charge in [0, 0.05) is 24.3 Å². The molecule has 1 saturated heterocycles. The van der Waals surface area contributed by atoms with E-state index in [0.717, 1.165) is 18.7 Å². The Bertz CT molecular complexity index is 415. The zero-order chi connectivity index (χ0) is 13.2. The van der Waals surface area contributed by atoms with Gasteiger partial charge >= 0.3 is 0 Å². The number of aryl methyl sites for hydroxylation is 1. The fraction of sp³-hybridized carbons (Fsp3) is 0.615. The van der Waals surface area contributed by atoms with Crippen LogP contribution in [0.25, 0.3) is 0 Å². The van der Waals surface area contributed by atoms with Crippen LogP contribution in [0.3, 0.4) is 0 Å². The molecule has 2 rings (SSSR count). The zero-order valence-corrected chi connectivity index (χ0v) is 10.9. The zero-order valence-electron chi connectivity index (χ0n) is 10.9. The number of nitrogen functional groups attached to an aromatic ring is 1. The maximum Gasteiger partial charge on any atom is 0.129 e. The number of morpholine rings is 1. The normalized spacial score (nSPS) is 23.6. The van der Waals surface area contributed by atoms with Crippen molar-refractivity contribution in [3.05, 3.63) is 23.4 Å². The number of rotatable bonds is 3. The third kappa shape index (κ3) is 2.98. The number of aliphatic hydroxyl groups is 1. The number of hydrogen-bond acceptors (Lipinski definition) is 5. The average Bonchev–Trinajstić information content (AvgIpc) is 2.33. The minimum absolute atomic E-state index is 0.147. The van der Waals surface area contributed by atoms with Crippen LogP contribution in [0.5, 0.6) is 0 Å². The molecule has 0 bridgehead atoms. The van der Waals surface area contributed by atoms with Crippen molar-refractivity contribution in [2.75, 3.05) is 25.5 Å². The molecule has 100 valence electrons. The summed E-state index contributed by atoms with van der Waals surface area (Å²) in [6, 6.07) is 2.04. The first kappa shape index (κ1) is 13.3. The summed E-state index contributed by atoms with van der Waals surface area (Å²) in [5.41, 5.74) is 6.54. The van der Waals surface area contributed by atoms with E-state index >= 15 is 0 Å². The summed E-state index contributed by atoms with van der Waals surface area (Å²) >= 11 is 0. The van der Waals surface area contributed by atoms with Gasteiger partial charge < -0.3 is 20.9 Å². The van der Waals surface area contributed by atoms with Crippen LogP contribution < -0.4 is 11.1 Å². The van der Waals surface area contributed by atoms with Crippen molar-refractivity contribution < 1.29 is 9.84 Å². The van der Waals surface area contributed by atoms with Gasteiger partial charge in [-0.25, -0.2) is 4.98 Å². The minimum atomic E-state index is -0.999. The van der Waals surface area contributed by atoms with Crippen molar-refractivity contribution in [1.29, 1.82) is 0 Å². The molecule has 0 aliphatic carbocycles. The van der Waals surface area contributed by atoms with Crippen LogP contribution in [0.1, 0.15) is 24.5 Å². The average molecular weight is 251 g/mol. The minimum Gasteiger partial charge on any atom is -0.385 e. The standard InChI is InChI=1S/C13H21N3O2/c1-9-5-11(12(14)16-7-9)13(2,17)6-10-8-18-4-3-15-10/h5,7,10,15,17H,3-4,6,8H2,1-2H3,(H2,14,16). The van der Waals surface area contributed by atoms with E-state index in [4.69, 9.17) is 10.5 Å². The van der Waals surface area contributed by atoms with Crippen LogP contribution in [0.15, 0.2) is 12.3 Å². The number of anilines is 1. The van der Waals surface area contributed by atoms with E-state index in [2.05, 4.69) is 10.3 Å². The van der Waals surface area contributed by atoms with Gasteiger partial charge in [0.1, 0.15) is 5.82 Å². The molecule has 0 spiro atoms. The first-order valence-electron chi connectivity index (χ1n) is 6.25. The highest BCUT2D eigenvalue weighted by Gasteiger charge is 2.30. The van der Waals surface area contributed by atoms with Crippen LogP contribution >= 0.6 is 0 Å². The number of pyridine rings is 1. The van der Waals surface area contributed by atoms with E-state index < -0.39 is 5.60 Å². The second-order valence-corrected chi connectivity index (χ2v) is 5.15. The molecule has 0 aromatic carbocycles. The van der Waals surface area contributed by atoms with Crippen molar-refractivity contribution in [2.24, 2.45) is 0 Å². The van der Waals surface area contributed by atoms with Gasteiger partial charge in [-0.15, -0.1) is 0 Å². The van der Waals surface area contributed by atoms with Gasteiger partial charge in [-0.3, -0.25) is 0 Å². The van der Waals surface area contributed by atoms with E-state index in [9.17, 15) is 5.11 Å². The van der Waals surface area contributed by atoms with Gasteiger partial charge in [0.15, 0.2) is 0 Å². The van der Waals surface area contributed by atoms with E-state index in [1.165, 1.54) is 0 Å². The van der Waals surface area contributed by atoms with Crippen LogP contribution in [-0.2, 0) is 10.3 Å². The van der Waals surface area contributed by atoms with E-state index in [-0.39, 0.29) is 6.04 Å². The first-order chi connectivity index (χ1) is 8.49. The maximum absolute atomic E-state index is 10.6. The van der Waals surface area contributed by atoms with Gasteiger partial charge in [-0.2, -0.15) is 0 Å². The Morgan fingerprint density at radius 1 is 1.67 bits per heavy atom. The Hall–Kier alpha value is -1.17. The summed E-state index contributed by atoms with van der Waals surface area (Å²) in [6.07, 6.45) is 2.26. The van der Waals surface area contributed by atoms with E-state index in [1.54, 1.807) is 13.1 Å². The van der Waals surface area contributed by atoms with Crippen LogP contribution in [0, 0.1) is 6.92 Å². The lowest BCUT2D eigenvalue weighted by atomic mass is 9.88. The molecule has 2 unspecified atom stereocenters. The number of nitrogens with two attached hydrogens (primary N) is 1. The smallest absolute Gasteiger partial charge is 0.129 e. The lowest BCUT2D eigenvalue weighted by Gasteiger charge is -2.32. The van der Waals surface area contributed by atoms with Crippen molar-refractivity contribution >= 4 is 5.82 Å². The highest BCUT2D eigenvalue weighted by Crippen LogP contribution is 2.30. The fourth-order valence-electron chi connectivity index (χ4n) is 2.35.